The van der Waals surface area contributed by atoms with E-state index in [1.165, 1.54) is 0 Å². The van der Waals surface area contributed by atoms with Crippen molar-refractivity contribution in [3.8, 4) is 0 Å². The summed E-state index contributed by atoms with van der Waals surface area (Å²) in [4.78, 5) is 21.1. The maximum Gasteiger partial charge on any atom is 0.233 e. The second kappa shape index (κ2) is 5.67. The average Bonchev–Trinajstić information content (AvgIpc) is 2.04. The average molecular weight is 159 g/mol. The first-order valence-electron chi connectivity index (χ1n) is 3.38. The minimum atomic E-state index is -0.242. The van der Waals surface area contributed by atoms with E-state index in [9.17, 15) is 9.59 Å². The van der Waals surface area contributed by atoms with Crippen LogP contribution in [-0.2, 0) is 9.59 Å². The Balaban J connectivity index is 3.27. The van der Waals surface area contributed by atoms with E-state index in [-0.39, 0.29) is 18.4 Å². The molecule has 0 unspecified atom stereocenters. The number of hydrogen-bond donors (Lipinski definition) is 3. The largest absolute Gasteiger partial charge is 0.359 e. The zero-order valence-corrected chi connectivity index (χ0v) is 6.52. The van der Waals surface area contributed by atoms with Crippen molar-refractivity contribution >= 4 is 11.8 Å². The van der Waals surface area contributed by atoms with Crippen LogP contribution >= 0.6 is 0 Å². The van der Waals surface area contributed by atoms with Crippen molar-refractivity contribution in [1.29, 1.82) is 0 Å². The Morgan fingerprint density at radius 1 is 1.36 bits per heavy atom. The predicted molar refractivity (Wildman–Crippen MR) is 40.7 cm³/mol. The van der Waals surface area contributed by atoms with Crippen LogP contribution in [0.1, 0.15) is 6.42 Å². The summed E-state index contributed by atoms with van der Waals surface area (Å²) in [7, 11) is 1.55. The van der Waals surface area contributed by atoms with Crippen LogP contribution in [0.5, 0.6) is 0 Å². The number of nitrogens with one attached hydrogen (secondary N) is 2. The molecule has 0 saturated heterocycles. The summed E-state index contributed by atoms with van der Waals surface area (Å²) in [6.45, 7) is 0.309. The smallest absolute Gasteiger partial charge is 0.233 e. The van der Waals surface area contributed by atoms with Crippen LogP contribution < -0.4 is 16.4 Å². The number of rotatable bonds is 4. The summed E-state index contributed by atoms with van der Waals surface area (Å²) in [5.74, 6) is -0.337. The molecule has 0 saturated carbocycles. The van der Waals surface area contributed by atoms with Gasteiger partial charge in [-0.25, -0.2) is 0 Å². The first-order chi connectivity index (χ1) is 5.20. The maximum atomic E-state index is 10.6. The predicted octanol–water partition coefficient (Wildman–Crippen LogP) is -1.80. The van der Waals surface area contributed by atoms with Crippen LogP contribution in [0.25, 0.3) is 0 Å². The van der Waals surface area contributed by atoms with E-state index in [0.29, 0.717) is 13.0 Å². The van der Waals surface area contributed by atoms with Crippen LogP contribution in [0.2, 0.25) is 0 Å². The Hall–Kier alpha value is -1.10. The monoisotopic (exact) mass is 159 g/mol. The lowest BCUT2D eigenvalue weighted by atomic mass is 10.4. The van der Waals surface area contributed by atoms with Gasteiger partial charge in [-0.2, -0.15) is 0 Å². The van der Waals surface area contributed by atoms with Gasteiger partial charge in [0.2, 0.25) is 11.8 Å². The third kappa shape index (κ3) is 5.35. The fourth-order valence-corrected chi connectivity index (χ4v) is 0.513. The van der Waals surface area contributed by atoms with E-state index in [0.717, 1.165) is 0 Å². The molecule has 5 nitrogen and oxygen atoms in total. The van der Waals surface area contributed by atoms with E-state index in [4.69, 9.17) is 5.73 Å². The zero-order chi connectivity index (χ0) is 8.69. The first-order valence-corrected chi connectivity index (χ1v) is 3.38. The molecule has 0 aromatic rings. The minimum absolute atomic E-state index is 0.0340. The van der Waals surface area contributed by atoms with Crippen molar-refractivity contribution in [2.45, 2.75) is 6.42 Å². The summed E-state index contributed by atoms with van der Waals surface area (Å²) < 4.78 is 0. The van der Waals surface area contributed by atoms with Crippen LogP contribution in [0.15, 0.2) is 0 Å². The van der Waals surface area contributed by atoms with Gasteiger partial charge in [-0.1, -0.05) is 0 Å². The molecule has 0 heterocycles. The molecule has 0 radical (unpaired) electrons. The quantitative estimate of drug-likeness (QED) is 0.452. The Bertz CT molecular complexity index is 131. The van der Waals surface area contributed by atoms with Crippen LogP contribution in [0.4, 0.5) is 0 Å². The lowest BCUT2D eigenvalue weighted by Gasteiger charge is -2.01. The summed E-state index contributed by atoms with van der Waals surface area (Å²) in [5.41, 5.74) is 5.01. The van der Waals surface area contributed by atoms with Crippen molar-refractivity contribution in [3.63, 3.8) is 0 Å². The molecule has 0 aliphatic carbocycles. The summed E-state index contributed by atoms with van der Waals surface area (Å²) in [6, 6.07) is 0. The van der Waals surface area contributed by atoms with Gasteiger partial charge in [-0.3, -0.25) is 9.59 Å². The fraction of sp³-hybridized carbons (Fsp3) is 0.667. The van der Waals surface area contributed by atoms with Gasteiger partial charge < -0.3 is 16.4 Å². The van der Waals surface area contributed by atoms with Gasteiger partial charge in [0.1, 0.15) is 0 Å². The molecule has 0 spiro atoms. The van der Waals surface area contributed by atoms with Crippen molar-refractivity contribution in [1.82, 2.24) is 10.6 Å². The van der Waals surface area contributed by atoms with Gasteiger partial charge >= 0.3 is 0 Å². The Kier molecular flexibility index (Phi) is 5.10. The minimum Gasteiger partial charge on any atom is -0.359 e. The molecule has 11 heavy (non-hydrogen) atoms. The van der Waals surface area contributed by atoms with Crippen LogP contribution in [0, 0.1) is 0 Å². The SMILES string of the molecule is CNC(=O)CCNC(=O)CN. The Morgan fingerprint density at radius 3 is 2.45 bits per heavy atom. The van der Waals surface area contributed by atoms with Crippen molar-refractivity contribution in [2.75, 3.05) is 20.1 Å². The molecule has 0 aliphatic rings. The maximum absolute atomic E-state index is 10.6. The van der Waals surface area contributed by atoms with Crippen molar-refractivity contribution in [3.05, 3.63) is 0 Å². The summed E-state index contributed by atoms with van der Waals surface area (Å²) in [6.07, 6.45) is 0.294. The highest BCUT2D eigenvalue weighted by molar-refractivity contribution is 5.79. The highest BCUT2D eigenvalue weighted by Crippen LogP contribution is 1.74. The molecule has 0 aromatic carbocycles. The van der Waals surface area contributed by atoms with Crippen LogP contribution in [0.3, 0.4) is 0 Å². The van der Waals surface area contributed by atoms with Gasteiger partial charge in [0.15, 0.2) is 0 Å². The molecule has 0 bridgehead atoms. The molecule has 2 amide bonds. The molecule has 0 fully saturated rings. The number of carbonyl (C=O) groups excluding carboxylic acids is 2. The molecule has 0 rings (SSSR count). The van der Waals surface area contributed by atoms with E-state index in [2.05, 4.69) is 10.6 Å². The molecule has 64 valence electrons. The van der Waals surface area contributed by atoms with E-state index in [1.807, 2.05) is 0 Å². The third-order valence-corrected chi connectivity index (χ3v) is 1.14. The van der Waals surface area contributed by atoms with Gasteiger partial charge in [0.05, 0.1) is 6.54 Å². The Morgan fingerprint density at radius 2 is 2.00 bits per heavy atom. The third-order valence-electron chi connectivity index (χ3n) is 1.14. The molecule has 4 N–H and O–H groups in total. The lowest BCUT2D eigenvalue weighted by molar-refractivity contribution is -0.121. The topological polar surface area (TPSA) is 84.2 Å². The van der Waals surface area contributed by atoms with Crippen molar-refractivity contribution in [2.24, 2.45) is 5.73 Å². The zero-order valence-electron chi connectivity index (χ0n) is 6.52. The van der Waals surface area contributed by atoms with Gasteiger partial charge in [0.25, 0.3) is 0 Å². The number of hydrogen-bond acceptors (Lipinski definition) is 3. The highest BCUT2D eigenvalue weighted by atomic mass is 16.2. The van der Waals surface area contributed by atoms with E-state index in [1.54, 1.807) is 7.05 Å². The summed E-state index contributed by atoms with van der Waals surface area (Å²) in [5, 5.41) is 4.91. The normalized spacial score (nSPS) is 8.91. The molecule has 5 heteroatoms. The number of amides is 2. The van der Waals surface area contributed by atoms with Gasteiger partial charge in [-0.15, -0.1) is 0 Å². The van der Waals surface area contributed by atoms with Gasteiger partial charge in [0, 0.05) is 20.0 Å². The van der Waals surface area contributed by atoms with E-state index < -0.39 is 0 Å². The number of carbonyl (C=O) groups is 2. The Labute approximate surface area is 65.3 Å². The molecular formula is C6H13N3O2. The van der Waals surface area contributed by atoms with Crippen molar-refractivity contribution < 1.29 is 9.59 Å². The second-order valence-electron chi connectivity index (χ2n) is 1.98. The standard InChI is InChI=1S/C6H13N3O2/c1-8-5(10)2-3-9-6(11)4-7/h2-4,7H2,1H3,(H,8,10)(H,9,11). The number of nitrogens with two attached hydrogens (primary N) is 1. The molecule has 0 atom stereocenters. The first kappa shape index (κ1) is 9.90. The molecular weight excluding hydrogens is 146 g/mol. The molecule has 0 aliphatic heterocycles. The lowest BCUT2D eigenvalue weighted by Crippen LogP contribution is -2.33. The van der Waals surface area contributed by atoms with Gasteiger partial charge in [-0.05, 0) is 0 Å². The highest BCUT2D eigenvalue weighted by Gasteiger charge is 1.98. The molecule has 0 aromatic heterocycles. The second-order valence-corrected chi connectivity index (χ2v) is 1.98. The fourth-order valence-electron chi connectivity index (χ4n) is 0.513. The summed E-state index contributed by atoms with van der Waals surface area (Å²) >= 11 is 0. The van der Waals surface area contributed by atoms with E-state index >= 15 is 0 Å². The van der Waals surface area contributed by atoms with Crippen LogP contribution in [-0.4, -0.2) is 32.0 Å².